The van der Waals surface area contributed by atoms with E-state index < -0.39 is 5.97 Å². The summed E-state index contributed by atoms with van der Waals surface area (Å²) in [6, 6.07) is 0. The number of aliphatic carboxylic acids is 1. The van der Waals surface area contributed by atoms with E-state index in [4.69, 9.17) is 9.84 Å². The Balaban J connectivity index is 1.18. The van der Waals surface area contributed by atoms with Crippen LogP contribution in [0.5, 0.6) is 0 Å². The molecule has 6 saturated carbocycles. The lowest BCUT2D eigenvalue weighted by Gasteiger charge is -2.58. The maximum absolute atomic E-state index is 11.2. The van der Waals surface area contributed by atoms with E-state index in [1.165, 1.54) is 38.5 Å². The molecule has 5 heteroatoms. The summed E-state index contributed by atoms with van der Waals surface area (Å²) in [6.45, 7) is 0.288. The van der Waals surface area contributed by atoms with E-state index in [1.807, 2.05) is 0 Å². The Kier molecular flexibility index (Phi) is 5.74. The lowest BCUT2D eigenvalue weighted by molar-refractivity contribution is -0.142. The molecule has 0 heterocycles. The van der Waals surface area contributed by atoms with Crippen LogP contribution in [0.3, 0.4) is 0 Å². The second-order valence-electron chi connectivity index (χ2n) is 11.5. The number of ether oxygens (including phenoxy) is 1. The molecular weight excluding hydrogens is 380 g/mol. The fourth-order valence-corrected chi connectivity index (χ4v) is 8.67. The third-order valence-electron chi connectivity index (χ3n) is 9.45. The summed E-state index contributed by atoms with van der Waals surface area (Å²) < 4.78 is 5.23. The first-order valence-electron chi connectivity index (χ1n) is 12.3. The van der Waals surface area contributed by atoms with Crippen LogP contribution in [0.2, 0.25) is 0 Å². The highest BCUT2D eigenvalue weighted by molar-refractivity contribution is 5.67. The van der Waals surface area contributed by atoms with Crippen LogP contribution in [-0.4, -0.2) is 46.7 Å². The first kappa shape index (κ1) is 21.0. The summed E-state index contributed by atoms with van der Waals surface area (Å²) >= 11 is 0. The summed E-state index contributed by atoms with van der Waals surface area (Å²) in [7, 11) is 0. The van der Waals surface area contributed by atoms with E-state index in [0.29, 0.717) is 24.4 Å². The molecule has 5 nitrogen and oxygen atoms in total. The van der Waals surface area contributed by atoms with Gasteiger partial charge in [0.05, 0.1) is 12.2 Å². The minimum atomic E-state index is -0.913. The van der Waals surface area contributed by atoms with Crippen molar-refractivity contribution in [3.05, 3.63) is 12.2 Å². The first-order valence-corrected chi connectivity index (χ1v) is 12.3. The lowest BCUT2D eigenvalue weighted by Crippen LogP contribution is -2.51. The van der Waals surface area contributed by atoms with Crippen molar-refractivity contribution >= 4 is 5.97 Å². The van der Waals surface area contributed by atoms with Crippen LogP contribution < -0.4 is 0 Å². The van der Waals surface area contributed by atoms with E-state index >= 15 is 0 Å². The number of carboxylic acid groups (broad SMARTS) is 1. The zero-order valence-electron chi connectivity index (χ0n) is 18.0. The second-order valence-corrected chi connectivity index (χ2v) is 11.5. The van der Waals surface area contributed by atoms with Gasteiger partial charge in [0.25, 0.3) is 0 Å². The molecule has 0 aliphatic heterocycles. The molecule has 0 saturated heterocycles. The molecule has 0 aromatic heterocycles. The highest BCUT2D eigenvalue weighted by atomic mass is 16.5. The van der Waals surface area contributed by atoms with Crippen LogP contribution >= 0.6 is 0 Å². The molecule has 6 atom stereocenters. The summed E-state index contributed by atoms with van der Waals surface area (Å²) in [5.41, 5.74) is 0.105. The number of carboxylic acids is 1. The Bertz CT molecular complexity index is 637. The monoisotopic (exact) mass is 418 g/mol. The van der Waals surface area contributed by atoms with Crippen LogP contribution in [0.25, 0.3) is 0 Å². The van der Waals surface area contributed by atoms with Gasteiger partial charge >= 0.3 is 5.97 Å². The van der Waals surface area contributed by atoms with Gasteiger partial charge in [0.1, 0.15) is 6.61 Å². The fourth-order valence-electron chi connectivity index (χ4n) is 8.67. The smallest absolute Gasteiger partial charge is 0.329 e. The van der Waals surface area contributed by atoms with Gasteiger partial charge in [-0.05, 0) is 99.7 Å². The number of hydrogen-bond acceptors (Lipinski definition) is 4. The van der Waals surface area contributed by atoms with Gasteiger partial charge < -0.3 is 20.1 Å². The molecule has 6 aliphatic carbocycles. The predicted molar refractivity (Wildman–Crippen MR) is 113 cm³/mol. The number of aliphatic hydroxyl groups is 2. The van der Waals surface area contributed by atoms with Crippen LogP contribution in [-0.2, 0) is 9.53 Å². The maximum atomic E-state index is 11.2. The highest BCUT2D eigenvalue weighted by Gasteiger charge is 2.53. The number of hydrogen-bond donors (Lipinski definition) is 3. The Morgan fingerprint density at radius 1 is 1.03 bits per heavy atom. The molecule has 4 bridgehead atoms. The van der Waals surface area contributed by atoms with E-state index in [0.717, 1.165) is 43.4 Å². The topological polar surface area (TPSA) is 87.0 Å². The maximum Gasteiger partial charge on any atom is 0.329 e. The molecule has 168 valence electrons. The first-order chi connectivity index (χ1) is 14.4. The van der Waals surface area contributed by atoms with E-state index in [1.54, 1.807) is 0 Å². The van der Waals surface area contributed by atoms with Gasteiger partial charge in [-0.25, -0.2) is 4.79 Å². The SMILES string of the molecule is O=C(O)COCCC1C[C@@H]2C[C@@H](O)[C@H](C=CC(O)C34CC5CC(CC(C5)C3)C4)[C@@H]2C1. The van der Waals surface area contributed by atoms with Crippen molar-refractivity contribution in [2.24, 2.45) is 46.8 Å². The van der Waals surface area contributed by atoms with Crippen molar-refractivity contribution < 1.29 is 24.9 Å². The van der Waals surface area contributed by atoms with Crippen molar-refractivity contribution in [2.45, 2.75) is 76.4 Å². The number of carbonyl (C=O) groups is 1. The average Bonchev–Trinajstić information content (AvgIpc) is 3.18. The lowest BCUT2D eigenvalue weighted by atomic mass is 9.48. The second kappa shape index (κ2) is 8.22. The molecule has 2 unspecified atom stereocenters. The van der Waals surface area contributed by atoms with Crippen LogP contribution in [0.1, 0.15) is 64.2 Å². The highest BCUT2D eigenvalue weighted by Crippen LogP contribution is 2.61. The third-order valence-corrected chi connectivity index (χ3v) is 9.45. The Hall–Kier alpha value is -0.910. The predicted octanol–water partition coefficient (Wildman–Crippen LogP) is 3.63. The van der Waals surface area contributed by atoms with Gasteiger partial charge in [-0.1, -0.05) is 12.2 Å². The van der Waals surface area contributed by atoms with Crippen molar-refractivity contribution in [3.8, 4) is 0 Å². The van der Waals surface area contributed by atoms with Crippen LogP contribution in [0.4, 0.5) is 0 Å². The van der Waals surface area contributed by atoms with Gasteiger partial charge in [0.2, 0.25) is 0 Å². The van der Waals surface area contributed by atoms with Gasteiger partial charge in [0.15, 0.2) is 0 Å². The van der Waals surface area contributed by atoms with Gasteiger partial charge in [0, 0.05) is 17.9 Å². The summed E-state index contributed by atoms with van der Waals surface area (Å²) in [4.78, 5) is 10.6. The normalized spacial score (nSPS) is 47.8. The summed E-state index contributed by atoms with van der Waals surface area (Å²) in [5, 5.41) is 30.6. The van der Waals surface area contributed by atoms with E-state index in [9.17, 15) is 15.0 Å². The summed E-state index contributed by atoms with van der Waals surface area (Å²) in [6.07, 6.45) is 15.3. The van der Waals surface area contributed by atoms with Crippen molar-refractivity contribution in [1.29, 1.82) is 0 Å². The molecule has 30 heavy (non-hydrogen) atoms. The molecule has 3 N–H and O–H groups in total. The fraction of sp³-hybridized carbons (Fsp3) is 0.880. The molecule has 0 spiro atoms. The standard InChI is InChI=1S/C25H38O5/c26-22-10-19-8-15(3-4-30-14-24(28)29)9-21(19)20(22)1-2-23(27)25-11-16-5-17(12-25)7-18(6-16)13-25/h1-2,15-23,26-27H,3-14H2,(H,28,29)/t15?,16?,17?,18?,19-,20-,21-,22-,23?,25?/m1/s1. The molecule has 0 aromatic carbocycles. The molecule has 6 fully saturated rings. The number of aliphatic hydroxyl groups excluding tert-OH is 2. The van der Waals surface area contributed by atoms with Crippen LogP contribution in [0.15, 0.2) is 12.2 Å². The average molecular weight is 419 g/mol. The summed E-state index contributed by atoms with van der Waals surface area (Å²) in [5.74, 6) is 3.34. The number of rotatable bonds is 8. The van der Waals surface area contributed by atoms with Crippen molar-refractivity contribution in [2.75, 3.05) is 13.2 Å². The molecule has 0 radical (unpaired) electrons. The zero-order valence-corrected chi connectivity index (χ0v) is 18.0. The quantitative estimate of drug-likeness (QED) is 0.414. The van der Waals surface area contributed by atoms with Gasteiger partial charge in [-0.15, -0.1) is 0 Å². The minimum absolute atomic E-state index is 0.105. The van der Waals surface area contributed by atoms with Crippen LogP contribution in [0, 0.1) is 46.8 Å². The molecular formula is C25H38O5. The van der Waals surface area contributed by atoms with Crippen molar-refractivity contribution in [3.63, 3.8) is 0 Å². The zero-order chi connectivity index (χ0) is 20.9. The largest absolute Gasteiger partial charge is 0.480 e. The molecule has 0 aromatic rings. The molecule has 6 rings (SSSR count). The number of fused-ring (bicyclic) bond motifs is 1. The minimum Gasteiger partial charge on any atom is -0.480 e. The van der Waals surface area contributed by atoms with E-state index in [-0.39, 0.29) is 30.1 Å². The molecule has 0 amide bonds. The Labute approximate surface area is 179 Å². The third kappa shape index (κ3) is 3.98. The van der Waals surface area contributed by atoms with Crippen molar-refractivity contribution in [1.82, 2.24) is 0 Å². The van der Waals surface area contributed by atoms with Gasteiger partial charge in [-0.3, -0.25) is 0 Å². The Morgan fingerprint density at radius 2 is 1.70 bits per heavy atom. The van der Waals surface area contributed by atoms with Gasteiger partial charge in [-0.2, -0.15) is 0 Å². The molecule has 6 aliphatic rings. The Morgan fingerprint density at radius 3 is 2.33 bits per heavy atom. The van der Waals surface area contributed by atoms with E-state index in [2.05, 4.69) is 12.2 Å².